The first kappa shape index (κ1) is 23.9. The van der Waals surface area contributed by atoms with Crippen molar-refractivity contribution >= 4 is 11.6 Å². The fourth-order valence-corrected chi connectivity index (χ4v) is 6.19. The molecule has 2 aliphatic carbocycles. The molecule has 0 radical (unpaired) electrons. The number of amides is 1. The topological polar surface area (TPSA) is 125 Å². The second kappa shape index (κ2) is 9.00. The maximum absolute atomic E-state index is 12.3. The van der Waals surface area contributed by atoms with Gasteiger partial charge in [0.1, 0.15) is 13.2 Å². The minimum atomic E-state index is -1.91. The summed E-state index contributed by atoms with van der Waals surface area (Å²) in [4.78, 5) is 20.3. The van der Waals surface area contributed by atoms with Crippen LogP contribution in [0, 0.1) is 18.3 Å². The van der Waals surface area contributed by atoms with Crippen molar-refractivity contribution in [1.29, 1.82) is 0 Å². The number of rotatable bonds is 9. The summed E-state index contributed by atoms with van der Waals surface area (Å²) in [6.45, 7) is 1.21. The number of carbonyl (C=O) groups is 1. The van der Waals surface area contributed by atoms with Gasteiger partial charge in [-0.15, -0.1) is 6.42 Å². The second-order valence-corrected chi connectivity index (χ2v) is 9.46. The number of nitrogens with one attached hydrogen (secondary N) is 1. The highest BCUT2D eigenvalue weighted by atomic mass is 16.8. The number of hydroxylamine groups is 1. The van der Waals surface area contributed by atoms with Gasteiger partial charge < -0.3 is 34.7 Å². The number of benzene rings is 1. The van der Waals surface area contributed by atoms with E-state index in [1.54, 1.807) is 19.3 Å². The lowest BCUT2D eigenvalue weighted by molar-refractivity contribution is -0.267. The van der Waals surface area contributed by atoms with Crippen LogP contribution in [0.1, 0.15) is 17.5 Å². The Hall–Kier alpha value is -2.81. The molecule has 2 heterocycles. The zero-order valence-corrected chi connectivity index (χ0v) is 19.9. The Labute approximate surface area is 204 Å². The van der Waals surface area contributed by atoms with E-state index in [0.717, 1.165) is 30.5 Å². The smallest absolute Gasteiger partial charge is 0.269 e. The third-order valence-electron chi connectivity index (χ3n) is 7.68. The molecular formula is C25H31N3O7. The summed E-state index contributed by atoms with van der Waals surface area (Å²) >= 11 is 0. The van der Waals surface area contributed by atoms with Crippen LogP contribution in [0.4, 0.5) is 5.69 Å². The molecule has 35 heavy (non-hydrogen) atoms. The van der Waals surface area contributed by atoms with Crippen molar-refractivity contribution < 1.29 is 33.7 Å². The van der Waals surface area contributed by atoms with Gasteiger partial charge in [0.25, 0.3) is 5.91 Å². The van der Waals surface area contributed by atoms with Crippen molar-refractivity contribution in [2.75, 3.05) is 52.9 Å². The highest BCUT2D eigenvalue weighted by molar-refractivity contribution is 5.76. The Morgan fingerprint density at radius 2 is 2.23 bits per heavy atom. The number of aliphatic hydroxyl groups is 1. The zero-order chi connectivity index (χ0) is 24.8. The van der Waals surface area contributed by atoms with Gasteiger partial charge in [-0.05, 0) is 38.1 Å². The van der Waals surface area contributed by atoms with Gasteiger partial charge in [-0.25, -0.2) is 10.3 Å². The number of nitrogen functional groups attached to an aromatic ring is 1. The number of nitrogens with zero attached hydrogens (tertiary/aromatic N) is 1. The number of anilines is 1. The van der Waals surface area contributed by atoms with E-state index in [-0.39, 0.29) is 38.4 Å². The van der Waals surface area contributed by atoms with Crippen molar-refractivity contribution in [3.8, 4) is 23.8 Å². The minimum Gasteiger partial charge on any atom is -0.493 e. The third-order valence-corrected chi connectivity index (χ3v) is 7.68. The first-order valence-corrected chi connectivity index (χ1v) is 11.7. The highest BCUT2D eigenvalue weighted by Crippen LogP contribution is 2.64. The van der Waals surface area contributed by atoms with Crippen LogP contribution in [0.15, 0.2) is 18.2 Å². The Morgan fingerprint density at radius 3 is 3.00 bits per heavy atom. The van der Waals surface area contributed by atoms with Crippen molar-refractivity contribution in [2.24, 2.45) is 5.92 Å². The van der Waals surface area contributed by atoms with Crippen LogP contribution in [0.3, 0.4) is 0 Å². The van der Waals surface area contributed by atoms with Gasteiger partial charge in [0.15, 0.2) is 17.6 Å². The molecule has 1 spiro atoms. The number of carbonyl (C=O) groups excluding carboxylic acids is 1. The summed E-state index contributed by atoms with van der Waals surface area (Å²) in [5, 5.41) is 11.7. The van der Waals surface area contributed by atoms with E-state index < -0.39 is 23.2 Å². The number of likely N-dealkylation sites (tertiary alicyclic amines) is 1. The first-order valence-electron chi connectivity index (χ1n) is 11.7. The van der Waals surface area contributed by atoms with Gasteiger partial charge in [0.05, 0.1) is 25.7 Å². The number of hydrogen-bond acceptors (Lipinski definition) is 9. The lowest BCUT2D eigenvalue weighted by atomic mass is 9.52. The molecule has 1 fully saturated rings. The average molecular weight is 486 g/mol. The van der Waals surface area contributed by atoms with Crippen LogP contribution in [0.2, 0.25) is 0 Å². The monoisotopic (exact) mass is 485 g/mol. The molecule has 0 aromatic heterocycles. The Morgan fingerprint density at radius 1 is 1.43 bits per heavy atom. The van der Waals surface area contributed by atoms with E-state index in [1.165, 1.54) is 0 Å². The standard InChI is InChI=1S/C25H31N3O7/c1-4-9-32-10-11-33-14-20(29)27-35-25(30)6-5-16-18-12-15-17(26)13-19(31-3)22-21(15)24(16,23(25)34-22)7-8-28(18)2/h1,5-6,13,16,18,23,30H,7-12,14,26H2,2-3H3,(H,27,29)/t16-,18+,23+,24-,25+/m0/s1. The average Bonchev–Trinajstić information content (AvgIpc) is 3.20. The molecule has 0 unspecified atom stereocenters. The number of methoxy groups -OCH3 is 1. The number of ether oxygens (including phenoxy) is 4. The number of hydrogen-bond donors (Lipinski definition) is 3. The van der Waals surface area contributed by atoms with Crippen LogP contribution in [-0.2, 0) is 30.9 Å². The van der Waals surface area contributed by atoms with E-state index in [9.17, 15) is 9.90 Å². The molecule has 1 amide bonds. The van der Waals surface area contributed by atoms with Crippen LogP contribution in [0.5, 0.6) is 11.5 Å². The fraction of sp³-hybridized carbons (Fsp3) is 0.560. The van der Waals surface area contributed by atoms with Gasteiger partial charge in [0.2, 0.25) is 5.79 Å². The van der Waals surface area contributed by atoms with Crippen molar-refractivity contribution in [1.82, 2.24) is 10.4 Å². The van der Waals surface area contributed by atoms with Crippen LogP contribution < -0.4 is 20.7 Å². The van der Waals surface area contributed by atoms with Gasteiger partial charge in [-0.3, -0.25) is 4.79 Å². The molecule has 5 atom stereocenters. The number of nitrogens with two attached hydrogens (primary N) is 1. The Kier molecular flexibility index (Phi) is 6.15. The highest BCUT2D eigenvalue weighted by Gasteiger charge is 2.69. The molecular weight excluding hydrogens is 454 g/mol. The number of likely N-dealkylation sites (N-methyl/N-ethyl adjacent to an activating group) is 1. The van der Waals surface area contributed by atoms with E-state index in [0.29, 0.717) is 17.2 Å². The van der Waals surface area contributed by atoms with Crippen molar-refractivity contribution in [3.05, 3.63) is 29.3 Å². The van der Waals surface area contributed by atoms with E-state index in [1.807, 2.05) is 6.08 Å². The molecule has 188 valence electrons. The summed E-state index contributed by atoms with van der Waals surface area (Å²) < 4.78 is 22.4. The maximum atomic E-state index is 12.3. The molecule has 4 N–H and O–H groups in total. The van der Waals surface area contributed by atoms with E-state index >= 15 is 0 Å². The normalized spacial score (nSPS) is 31.9. The summed E-state index contributed by atoms with van der Waals surface area (Å²) in [7, 11) is 3.67. The lowest BCUT2D eigenvalue weighted by Gasteiger charge is -2.57. The van der Waals surface area contributed by atoms with E-state index in [2.05, 4.69) is 23.3 Å². The number of terminal acetylenes is 1. The van der Waals surface area contributed by atoms with Gasteiger partial charge >= 0.3 is 0 Å². The molecule has 1 aromatic carbocycles. The SMILES string of the molecule is C#CCOCCOCC(=O)NO[C@]1(O)C=C[C@H]2[C@H]3Cc4c(N)cc(OC)c5c4[C@@]2(CCN3C)[C@H]1O5. The predicted octanol–water partition coefficient (Wildman–Crippen LogP) is 0.125. The minimum absolute atomic E-state index is 0.0810. The molecule has 5 rings (SSSR count). The summed E-state index contributed by atoms with van der Waals surface area (Å²) in [6.07, 6.45) is 9.38. The second-order valence-electron chi connectivity index (χ2n) is 9.46. The molecule has 10 nitrogen and oxygen atoms in total. The van der Waals surface area contributed by atoms with Gasteiger partial charge in [-0.2, -0.15) is 0 Å². The summed E-state index contributed by atoms with van der Waals surface area (Å²) in [6, 6.07) is 1.97. The largest absolute Gasteiger partial charge is 0.493 e. The third kappa shape index (κ3) is 3.66. The molecule has 1 saturated heterocycles. The molecule has 2 aliphatic heterocycles. The van der Waals surface area contributed by atoms with Crippen LogP contribution in [-0.4, -0.2) is 81.0 Å². The molecule has 4 aliphatic rings. The van der Waals surface area contributed by atoms with E-state index in [4.69, 9.17) is 35.9 Å². The first-order chi connectivity index (χ1) is 16.9. The van der Waals surface area contributed by atoms with Crippen LogP contribution >= 0.6 is 0 Å². The lowest BCUT2D eigenvalue weighted by Crippen LogP contribution is -2.69. The summed E-state index contributed by atoms with van der Waals surface area (Å²) in [5.74, 6) is 1.08. The number of piperidine rings is 1. The zero-order valence-electron chi connectivity index (χ0n) is 19.9. The van der Waals surface area contributed by atoms with Crippen LogP contribution in [0.25, 0.3) is 0 Å². The maximum Gasteiger partial charge on any atom is 0.269 e. The predicted molar refractivity (Wildman–Crippen MR) is 126 cm³/mol. The Bertz CT molecular complexity index is 1090. The van der Waals surface area contributed by atoms with Gasteiger partial charge in [-0.1, -0.05) is 12.0 Å². The fourth-order valence-electron chi connectivity index (χ4n) is 6.19. The molecule has 2 bridgehead atoms. The quantitative estimate of drug-likeness (QED) is 0.112. The Balaban J connectivity index is 1.39. The van der Waals surface area contributed by atoms with Gasteiger partial charge in [0, 0.05) is 29.3 Å². The molecule has 0 saturated carbocycles. The molecule has 1 aromatic rings. The summed E-state index contributed by atoms with van der Waals surface area (Å²) in [5.41, 5.74) is 10.9. The van der Waals surface area contributed by atoms with Crippen molar-refractivity contribution in [2.45, 2.75) is 36.2 Å². The van der Waals surface area contributed by atoms with Crippen molar-refractivity contribution in [3.63, 3.8) is 0 Å². The molecule has 10 heteroatoms.